The average Bonchev–Trinajstić information content (AvgIpc) is 3.11. The number of amides is 1. The van der Waals surface area contributed by atoms with Gasteiger partial charge in [-0.2, -0.15) is 5.10 Å². The number of rotatable bonds is 4. The van der Waals surface area contributed by atoms with Gasteiger partial charge in [0.1, 0.15) is 0 Å². The Bertz CT molecular complexity index is 837. The summed E-state index contributed by atoms with van der Waals surface area (Å²) < 4.78 is 1.96. The molecule has 0 saturated heterocycles. The van der Waals surface area contributed by atoms with Crippen LogP contribution in [0.3, 0.4) is 0 Å². The highest BCUT2D eigenvalue weighted by molar-refractivity contribution is 6.04. The summed E-state index contributed by atoms with van der Waals surface area (Å²) in [7, 11) is 0. The molecule has 1 aliphatic rings. The Balaban J connectivity index is 1.67. The van der Waals surface area contributed by atoms with Crippen LogP contribution in [0.1, 0.15) is 34.7 Å². The van der Waals surface area contributed by atoms with Crippen LogP contribution in [0.2, 0.25) is 0 Å². The van der Waals surface area contributed by atoms with Crippen LogP contribution in [-0.4, -0.2) is 25.7 Å². The van der Waals surface area contributed by atoms with E-state index in [9.17, 15) is 4.79 Å². The number of aryl methyl sites for hydroxylation is 2. The number of aromatic nitrogens is 4. The van der Waals surface area contributed by atoms with Gasteiger partial charge in [0.15, 0.2) is 5.69 Å². The summed E-state index contributed by atoms with van der Waals surface area (Å²) in [6, 6.07) is 11.3. The van der Waals surface area contributed by atoms with Crippen molar-refractivity contribution in [1.29, 1.82) is 0 Å². The van der Waals surface area contributed by atoms with Crippen LogP contribution in [0.4, 0.5) is 5.69 Å². The fourth-order valence-electron chi connectivity index (χ4n) is 3.12. The van der Waals surface area contributed by atoms with Gasteiger partial charge in [-0.3, -0.25) is 19.4 Å². The lowest BCUT2D eigenvalue weighted by molar-refractivity contribution is 0.0979. The molecule has 25 heavy (non-hydrogen) atoms. The van der Waals surface area contributed by atoms with E-state index in [1.54, 1.807) is 23.5 Å². The molecule has 0 saturated carbocycles. The van der Waals surface area contributed by atoms with Crippen molar-refractivity contribution in [3.05, 3.63) is 72.1 Å². The highest BCUT2D eigenvalue weighted by atomic mass is 16.2. The summed E-state index contributed by atoms with van der Waals surface area (Å²) in [5.41, 5.74) is 3.25. The predicted octanol–water partition coefficient (Wildman–Crippen LogP) is 2.86. The third-order valence-corrected chi connectivity index (χ3v) is 4.40. The molecule has 0 radical (unpaired) electrons. The first-order chi connectivity index (χ1) is 12.3. The van der Waals surface area contributed by atoms with Gasteiger partial charge in [-0.15, -0.1) is 0 Å². The third kappa shape index (κ3) is 3.28. The first-order valence-electron chi connectivity index (χ1n) is 8.50. The normalized spacial score (nSPS) is 13.3. The summed E-state index contributed by atoms with van der Waals surface area (Å²) in [5.74, 6) is -0.112. The largest absolute Gasteiger partial charge is 0.301 e. The van der Waals surface area contributed by atoms with Gasteiger partial charge in [0.05, 0.1) is 12.2 Å². The van der Waals surface area contributed by atoms with Crippen molar-refractivity contribution < 1.29 is 4.79 Å². The van der Waals surface area contributed by atoms with E-state index in [-0.39, 0.29) is 5.91 Å². The van der Waals surface area contributed by atoms with Gasteiger partial charge in [0.2, 0.25) is 0 Å². The number of anilines is 1. The lowest BCUT2D eigenvalue weighted by atomic mass is 10.1. The zero-order chi connectivity index (χ0) is 17.1. The fraction of sp³-hybridized carbons (Fsp3) is 0.263. The maximum absolute atomic E-state index is 13.2. The molecule has 6 nitrogen and oxygen atoms in total. The van der Waals surface area contributed by atoms with E-state index in [4.69, 9.17) is 0 Å². The average molecular weight is 333 g/mol. The van der Waals surface area contributed by atoms with Gasteiger partial charge in [-0.05, 0) is 49.6 Å². The standard InChI is InChI=1S/C19H19N5O/c25-19(18-13-17-6-2-4-12-24(17)22-18)23(16-7-10-20-11-8-16)14-15-5-1-3-9-21-15/h1,3,5,7-11,13H,2,4,6,12,14H2. The molecule has 3 aromatic rings. The second-order valence-corrected chi connectivity index (χ2v) is 6.12. The van der Waals surface area contributed by atoms with Crippen LogP contribution in [0, 0.1) is 0 Å². The second-order valence-electron chi connectivity index (χ2n) is 6.12. The molecule has 0 fully saturated rings. The van der Waals surface area contributed by atoms with E-state index in [2.05, 4.69) is 15.1 Å². The zero-order valence-corrected chi connectivity index (χ0v) is 13.9. The molecule has 0 aromatic carbocycles. The van der Waals surface area contributed by atoms with Crippen molar-refractivity contribution in [3.63, 3.8) is 0 Å². The van der Waals surface area contributed by atoms with Crippen molar-refractivity contribution >= 4 is 11.6 Å². The van der Waals surface area contributed by atoms with Gasteiger partial charge >= 0.3 is 0 Å². The Hall–Kier alpha value is -3.02. The Labute approximate surface area is 146 Å². The van der Waals surface area contributed by atoms with Crippen LogP contribution < -0.4 is 4.90 Å². The smallest absolute Gasteiger partial charge is 0.279 e. The molecule has 6 heteroatoms. The molecule has 4 heterocycles. The molecule has 0 N–H and O–H groups in total. The molecule has 0 spiro atoms. The van der Waals surface area contributed by atoms with Gasteiger partial charge in [-0.1, -0.05) is 6.07 Å². The molecule has 0 aliphatic carbocycles. The number of hydrogen-bond donors (Lipinski definition) is 0. The molecular weight excluding hydrogens is 314 g/mol. The van der Waals surface area contributed by atoms with Crippen LogP contribution >= 0.6 is 0 Å². The number of carbonyl (C=O) groups excluding carboxylic acids is 1. The molecule has 0 unspecified atom stereocenters. The maximum atomic E-state index is 13.2. The first-order valence-corrected chi connectivity index (χ1v) is 8.50. The summed E-state index contributed by atoms with van der Waals surface area (Å²) in [5, 5.41) is 4.53. The molecule has 1 aliphatic heterocycles. The zero-order valence-electron chi connectivity index (χ0n) is 13.9. The van der Waals surface area contributed by atoms with Crippen molar-refractivity contribution in [2.75, 3.05) is 4.90 Å². The van der Waals surface area contributed by atoms with Crippen LogP contribution in [0.5, 0.6) is 0 Å². The number of pyridine rings is 2. The first kappa shape index (κ1) is 15.5. The van der Waals surface area contributed by atoms with Crippen LogP contribution in [0.25, 0.3) is 0 Å². The lowest BCUT2D eigenvalue weighted by Crippen LogP contribution is -2.31. The molecule has 4 rings (SSSR count). The summed E-state index contributed by atoms with van der Waals surface area (Å²) >= 11 is 0. The van der Waals surface area contributed by atoms with Gasteiger partial charge < -0.3 is 4.90 Å². The monoisotopic (exact) mass is 333 g/mol. The Morgan fingerprint density at radius 1 is 1.12 bits per heavy atom. The SMILES string of the molecule is O=C(c1cc2n(n1)CCCC2)N(Cc1ccccn1)c1ccncc1. The van der Waals surface area contributed by atoms with Crippen molar-refractivity contribution in [2.45, 2.75) is 32.4 Å². The molecule has 0 bridgehead atoms. The molecule has 1 amide bonds. The van der Waals surface area contributed by atoms with E-state index in [1.807, 2.05) is 41.1 Å². The fourth-order valence-corrected chi connectivity index (χ4v) is 3.12. The number of hydrogen-bond acceptors (Lipinski definition) is 4. The Kier molecular flexibility index (Phi) is 4.24. The molecule has 126 valence electrons. The van der Waals surface area contributed by atoms with Gasteiger partial charge in [0, 0.05) is 36.5 Å². The van der Waals surface area contributed by atoms with Crippen molar-refractivity contribution in [2.24, 2.45) is 0 Å². The van der Waals surface area contributed by atoms with E-state index in [0.29, 0.717) is 12.2 Å². The van der Waals surface area contributed by atoms with Crippen LogP contribution in [0.15, 0.2) is 55.0 Å². The minimum Gasteiger partial charge on any atom is -0.301 e. The van der Waals surface area contributed by atoms with Crippen molar-refractivity contribution in [3.8, 4) is 0 Å². The van der Waals surface area contributed by atoms with Gasteiger partial charge in [0.25, 0.3) is 5.91 Å². The predicted molar refractivity (Wildman–Crippen MR) is 94.2 cm³/mol. The number of carbonyl (C=O) groups is 1. The van der Waals surface area contributed by atoms with E-state index in [1.165, 1.54) is 0 Å². The topological polar surface area (TPSA) is 63.9 Å². The number of fused-ring (bicyclic) bond motifs is 1. The minimum atomic E-state index is -0.112. The molecule has 0 atom stereocenters. The highest BCUT2D eigenvalue weighted by Crippen LogP contribution is 2.21. The lowest BCUT2D eigenvalue weighted by Gasteiger charge is -2.21. The number of nitrogens with zero attached hydrogens (tertiary/aromatic N) is 5. The Morgan fingerprint density at radius 2 is 2.00 bits per heavy atom. The van der Waals surface area contributed by atoms with E-state index >= 15 is 0 Å². The Morgan fingerprint density at radius 3 is 2.76 bits per heavy atom. The second kappa shape index (κ2) is 6.84. The van der Waals surface area contributed by atoms with Gasteiger partial charge in [-0.25, -0.2) is 0 Å². The third-order valence-electron chi connectivity index (χ3n) is 4.40. The summed E-state index contributed by atoms with van der Waals surface area (Å²) in [6.07, 6.45) is 8.36. The molecular formula is C19H19N5O. The van der Waals surface area contributed by atoms with Crippen molar-refractivity contribution in [1.82, 2.24) is 19.7 Å². The summed E-state index contributed by atoms with van der Waals surface area (Å²) in [4.78, 5) is 23.3. The van der Waals surface area contributed by atoms with E-state index in [0.717, 1.165) is 42.9 Å². The molecule has 3 aromatic heterocycles. The quantitative estimate of drug-likeness (QED) is 0.736. The summed E-state index contributed by atoms with van der Waals surface area (Å²) in [6.45, 7) is 1.28. The van der Waals surface area contributed by atoms with Crippen LogP contribution in [-0.2, 0) is 19.5 Å². The maximum Gasteiger partial charge on any atom is 0.279 e. The highest BCUT2D eigenvalue weighted by Gasteiger charge is 2.23. The van der Waals surface area contributed by atoms with E-state index < -0.39 is 0 Å². The minimum absolute atomic E-state index is 0.112.